The van der Waals surface area contributed by atoms with Gasteiger partial charge in [-0.25, -0.2) is 4.79 Å². The van der Waals surface area contributed by atoms with Crippen LogP contribution in [0.1, 0.15) is 5.56 Å². The van der Waals surface area contributed by atoms with Gasteiger partial charge in [0.1, 0.15) is 0 Å². The number of nitrogens with one attached hydrogen (secondary N) is 1. The zero-order valence-corrected chi connectivity index (χ0v) is 12.1. The van der Waals surface area contributed by atoms with Gasteiger partial charge in [-0.3, -0.25) is 9.51 Å². The number of hydrogen-bond acceptors (Lipinski definition) is 3. The number of H-pyrrole nitrogens is 1. The van der Waals surface area contributed by atoms with Gasteiger partial charge in [-0.1, -0.05) is 69.6 Å². The number of nitrogens with zero attached hydrogens (tertiary/aromatic N) is 1. The molecule has 0 spiro atoms. The first kappa shape index (κ1) is 12.9. The zero-order chi connectivity index (χ0) is 13.9. The molecule has 0 aliphatic carbocycles. The van der Waals surface area contributed by atoms with Crippen LogP contribution in [-0.4, -0.2) is 10.1 Å². The summed E-state index contributed by atoms with van der Waals surface area (Å²) in [6.07, 6.45) is 0. The Morgan fingerprint density at radius 2 is 1.75 bits per heavy atom. The van der Waals surface area contributed by atoms with Crippen LogP contribution in [0.2, 0.25) is 0 Å². The van der Waals surface area contributed by atoms with Crippen molar-refractivity contribution in [3.63, 3.8) is 0 Å². The quantitative estimate of drug-likeness (QED) is 0.746. The molecule has 0 saturated heterocycles. The Hall–Kier alpha value is -2.14. The summed E-state index contributed by atoms with van der Waals surface area (Å²) in [6.45, 7) is 0. The van der Waals surface area contributed by atoms with Crippen molar-refractivity contribution in [2.45, 2.75) is 5.33 Å². The molecule has 0 aliphatic rings. The monoisotopic (exact) mass is 330 g/mol. The Balaban J connectivity index is 2.11. The summed E-state index contributed by atoms with van der Waals surface area (Å²) in [5, 5.41) is 4.58. The van der Waals surface area contributed by atoms with Gasteiger partial charge in [-0.15, -0.1) is 0 Å². The third kappa shape index (κ3) is 2.44. The van der Waals surface area contributed by atoms with Crippen molar-refractivity contribution in [3.05, 3.63) is 64.6 Å². The first-order valence-electron chi connectivity index (χ1n) is 6.08. The molecule has 20 heavy (non-hydrogen) atoms. The molecule has 0 radical (unpaired) electrons. The number of rotatable bonds is 3. The lowest BCUT2D eigenvalue weighted by Crippen LogP contribution is -1.95. The predicted octanol–water partition coefficient (Wildman–Crippen LogP) is 3.59. The van der Waals surface area contributed by atoms with Gasteiger partial charge in [0.05, 0.1) is 0 Å². The summed E-state index contributed by atoms with van der Waals surface area (Å²) < 4.78 is 4.58. The molecule has 0 aliphatic heterocycles. The topological polar surface area (TPSA) is 58.9 Å². The maximum atomic E-state index is 11.1. The van der Waals surface area contributed by atoms with Gasteiger partial charge < -0.3 is 0 Å². The van der Waals surface area contributed by atoms with Crippen LogP contribution < -0.4 is 5.76 Å². The zero-order valence-electron chi connectivity index (χ0n) is 10.5. The summed E-state index contributed by atoms with van der Waals surface area (Å²) in [7, 11) is 0. The summed E-state index contributed by atoms with van der Waals surface area (Å²) >= 11 is 3.43. The third-order valence-electron chi connectivity index (χ3n) is 3.04. The first-order chi connectivity index (χ1) is 9.78. The molecule has 0 unspecified atom stereocenters. The van der Waals surface area contributed by atoms with Crippen LogP contribution in [0.15, 0.2) is 57.8 Å². The molecule has 3 aromatic rings. The van der Waals surface area contributed by atoms with Crippen molar-refractivity contribution in [2.24, 2.45) is 0 Å². The fraction of sp³-hybridized carbons (Fsp3) is 0.0667. The van der Waals surface area contributed by atoms with Crippen LogP contribution >= 0.6 is 15.9 Å². The van der Waals surface area contributed by atoms with Crippen LogP contribution in [0.4, 0.5) is 0 Å². The van der Waals surface area contributed by atoms with E-state index < -0.39 is 5.76 Å². The molecule has 3 rings (SSSR count). The van der Waals surface area contributed by atoms with Gasteiger partial charge >= 0.3 is 5.76 Å². The number of hydrogen-bond donors (Lipinski definition) is 1. The standard InChI is InChI=1S/C15H11BrN2O2/c16-9-10-5-7-11(8-6-10)12-3-1-2-4-13(12)14-17-15(19)20-18-14/h1-8H,9H2,(H,17,18,19). The molecule has 0 bridgehead atoms. The van der Waals surface area contributed by atoms with E-state index in [9.17, 15) is 4.79 Å². The van der Waals surface area contributed by atoms with E-state index in [1.54, 1.807) is 0 Å². The number of aromatic nitrogens is 2. The lowest BCUT2D eigenvalue weighted by Gasteiger charge is -2.07. The minimum atomic E-state index is -0.551. The van der Waals surface area contributed by atoms with Crippen LogP contribution in [-0.2, 0) is 5.33 Å². The number of benzene rings is 2. The van der Waals surface area contributed by atoms with Gasteiger partial charge in [0, 0.05) is 10.9 Å². The predicted molar refractivity (Wildman–Crippen MR) is 80.6 cm³/mol. The average Bonchev–Trinajstić information content (AvgIpc) is 2.94. The van der Waals surface area contributed by atoms with Gasteiger partial charge in [-0.05, 0) is 16.7 Å². The lowest BCUT2D eigenvalue weighted by atomic mass is 9.98. The highest BCUT2D eigenvalue weighted by Gasteiger charge is 2.10. The number of alkyl halides is 1. The maximum absolute atomic E-state index is 11.1. The molecule has 2 aromatic carbocycles. The number of aromatic amines is 1. The van der Waals surface area contributed by atoms with Crippen molar-refractivity contribution < 1.29 is 4.52 Å². The van der Waals surface area contributed by atoms with Gasteiger partial charge in [-0.2, -0.15) is 0 Å². The summed E-state index contributed by atoms with van der Waals surface area (Å²) in [4.78, 5) is 13.7. The normalized spacial score (nSPS) is 10.7. The largest absolute Gasteiger partial charge is 0.439 e. The van der Waals surface area contributed by atoms with Crippen LogP contribution in [0.3, 0.4) is 0 Å². The highest BCUT2D eigenvalue weighted by molar-refractivity contribution is 9.08. The molecule has 1 N–H and O–H groups in total. The van der Waals surface area contributed by atoms with Crippen molar-refractivity contribution in [3.8, 4) is 22.5 Å². The van der Waals surface area contributed by atoms with Crippen molar-refractivity contribution in [2.75, 3.05) is 0 Å². The van der Waals surface area contributed by atoms with E-state index in [2.05, 4.69) is 42.7 Å². The Kier molecular flexibility index (Phi) is 3.52. The van der Waals surface area contributed by atoms with Crippen molar-refractivity contribution in [1.29, 1.82) is 0 Å². The summed E-state index contributed by atoms with van der Waals surface area (Å²) in [5.74, 6) is -0.111. The molecule has 0 saturated carbocycles. The Morgan fingerprint density at radius 3 is 2.35 bits per heavy atom. The maximum Gasteiger partial charge on any atom is 0.439 e. The second kappa shape index (κ2) is 5.46. The molecule has 1 aromatic heterocycles. The minimum absolute atomic E-state index is 0.440. The second-order valence-electron chi connectivity index (χ2n) is 4.32. The Labute approximate surface area is 123 Å². The van der Waals surface area contributed by atoms with E-state index in [1.165, 1.54) is 5.56 Å². The Morgan fingerprint density at radius 1 is 1.05 bits per heavy atom. The van der Waals surface area contributed by atoms with E-state index in [-0.39, 0.29) is 0 Å². The fourth-order valence-electron chi connectivity index (χ4n) is 2.06. The fourth-order valence-corrected chi connectivity index (χ4v) is 2.43. The highest BCUT2D eigenvalue weighted by atomic mass is 79.9. The van der Waals surface area contributed by atoms with Crippen LogP contribution in [0.5, 0.6) is 0 Å². The third-order valence-corrected chi connectivity index (χ3v) is 3.69. The van der Waals surface area contributed by atoms with E-state index >= 15 is 0 Å². The van der Waals surface area contributed by atoms with Gasteiger partial charge in [0.2, 0.25) is 0 Å². The molecule has 4 nitrogen and oxygen atoms in total. The molecule has 0 atom stereocenters. The molecule has 1 heterocycles. The summed E-state index contributed by atoms with van der Waals surface area (Å²) in [5.41, 5.74) is 4.11. The van der Waals surface area contributed by atoms with Crippen LogP contribution in [0.25, 0.3) is 22.5 Å². The lowest BCUT2D eigenvalue weighted by molar-refractivity contribution is 0.388. The second-order valence-corrected chi connectivity index (χ2v) is 4.88. The van der Waals surface area contributed by atoms with E-state index in [4.69, 9.17) is 0 Å². The molecular formula is C15H11BrN2O2. The van der Waals surface area contributed by atoms with Crippen molar-refractivity contribution in [1.82, 2.24) is 10.1 Å². The van der Waals surface area contributed by atoms with E-state index in [1.807, 2.05) is 36.4 Å². The smallest absolute Gasteiger partial charge is 0.296 e. The number of halogens is 1. The van der Waals surface area contributed by atoms with E-state index in [0.717, 1.165) is 22.0 Å². The van der Waals surface area contributed by atoms with E-state index in [0.29, 0.717) is 5.82 Å². The SMILES string of the molecule is O=c1[nH]c(-c2ccccc2-c2ccc(CBr)cc2)no1. The van der Waals surface area contributed by atoms with Gasteiger partial charge in [0.25, 0.3) is 0 Å². The highest BCUT2D eigenvalue weighted by Crippen LogP contribution is 2.29. The minimum Gasteiger partial charge on any atom is -0.296 e. The Bertz CT molecular complexity index is 775. The summed E-state index contributed by atoms with van der Waals surface area (Å²) in [6, 6.07) is 16.0. The molecule has 100 valence electrons. The molecule has 0 amide bonds. The molecule has 5 heteroatoms. The van der Waals surface area contributed by atoms with Crippen molar-refractivity contribution >= 4 is 15.9 Å². The molecular weight excluding hydrogens is 320 g/mol. The average molecular weight is 331 g/mol. The first-order valence-corrected chi connectivity index (χ1v) is 7.21. The molecule has 0 fully saturated rings. The van der Waals surface area contributed by atoms with Gasteiger partial charge in [0.15, 0.2) is 5.82 Å². The van der Waals surface area contributed by atoms with Crippen LogP contribution in [0, 0.1) is 0 Å².